The van der Waals surface area contributed by atoms with Crippen molar-refractivity contribution in [2.24, 2.45) is 5.92 Å². The van der Waals surface area contributed by atoms with Gasteiger partial charge in [-0.05, 0) is 53.9 Å². The number of benzene rings is 3. The maximum atomic E-state index is 13.9. The predicted octanol–water partition coefficient (Wildman–Crippen LogP) is 6.60. The van der Waals surface area contributed by atoms with Crippen LogP contribution in [0.25, 0.3) is 22.1 Å². The Labute approximate surface area is 229 Å². The number of amides is 2. The highest BCUT2D eigenvalue weighted by molar-refractivity contribution is 6.30. The lowest BCUT2D eigenvalue weighted by Gasteiger charge is -2.15. The third-order valence-corrected chi connectivity index (χ3v) is 6.47. The van der Waals surface area contributed by atoms with Gasteiger partial charge in [0, 0.05) is 17.6 Å². The van der Waals surface area contributed by atoms with Crippen LogP contribution in [-0.2, 0) is 6.18 Å². The molecule has 5 rings (SSSR count). The molecule has 204 valence electrons. The van der Waals surface area contributed by atoms with Crippen LogP contribution in [0.3, 0.4) is 0 Å². The Hall–Kier alpha value is -4.44. The number of hydrogen-bond acceptors (Lipinski definition) is 6. The van der Waals surface area contributed by atoms with Crippen LogP contribution in [0, 0.1) is 5.92 Å². The Bertz CT molecular complexity index is 1760. The van der Waals surface area contributed by atoms with Crippen molar-refractivity contribution < 1.29 is 36.7 Å². The van der Waals surface area contributed by atoms with Gasteiger partial charge in [0.25, 0.3) is 11.8 Å². The molecule has 11 heteroatoms. The summed E-state index contributed by atoms with van der Waals surface area (Å²) in [4.78, 5) is 52.4. The molecule has 1 aromatic heterocycles. The number of halogens is 4. The van der Waals surface area contributed by atoms with E-state index in [0.29, 0.717) is 0 Å². The Kier molecular flexibility index (Phi) is 6.75. The van der Waals surface area contributed by atoms with Crippen LogP contribution in [-0.4, -0.2) is 29.2 Å². The van der Waals surface area contributed by atoms with Gasteiger partial charge in [0.15, 0.2) is 0 Å². The molecule has 0 N–H and O–H groups in total. The number of carbonyl (C=O) groups excluding carboxylic acids is 3. The van der Waals surface area contributed by atoms with Gasteiger partial charge in [0.1, 0.15) is 11.3 Å². The standard InChI is InChI=1S/C29H19ClF3NO6/c1-14(2)13-34-26(36)19-9-5-16(11-21(19)27(34)37)28(38)39-18-8-10-20-22(12-18)40-25(29(31,32)33)23(24(20)35)15-3-6-17(30)7-4-15/h3-12,14H,13H2,1-2H3. The monoisotopic (exact) mass is 569 g/mol. The van der Waals surface area contributed by atoms with E-state index < -0.39 is 46.3 Å². The molecule has 40 heavy (non-hydrogen) atoms. The minimum Gasteiger partial charge on any atom is -0.450 e. The van der Waals surface area contributed by atoms with Crippen LogP contribution in [0.4, 0.5) is 13.2 Å². The molecule has 4 aromatic rings. The molecule has 0 bridgehead atoms. The van der Waals surface area contributed by atoms with Crippen molar-refractivity contribution >= 4 is 40.4 Å². The van der Waals surface area contributed by atoms with Crippen LogP contribution in [0.2, 0.25) is 5.02 Å². The summed E-state index contributed by atoms with van der Waals surface area (Å²) in [5, 5.41) is 0.116. The highest BCUT2D eigenvalue weighted by Crippen LogP contribution is 2.38. The smallest absolute Gasteiger partial charge is 0.450 e. The van der Waals surface area contributed by atoms with E-state index in [1.165, 1.54) is 54.6 Å². The van der Waals surface area contributed by atoms with Crippen molar-refractivity contribution in [3.8, 4) is 16.9 Å². The van der Waals surface area contributed by atoms with E-state index in [1.807, 2.05) is 13.8 Å². The molecule has 1 aliphatic heterocycles. The molecule has 3 aromatic carbocycles. The van der Waals surface area contributed by atoms with Crippen molar-refractivity contribution in [1.29, 1.82) is 0 Å². The molecule has 2 amide bonds. The lowest BCUT2D eigenvalue weighted by atomic mass is 10.0. The van der Waals surface area contributed by atoms with Gasteiger partial charge in [-0.15, -0.1) is 0 Å². The first-order valence-electron chi connectivity index (χ1n) is 12.0. The summed E-state index contributed by atoms with van der Waals surface area (Å²) in [5.74, 6) is -3.59. The highest BCUT2D eigenvalue weighted by Gasteiger charge is 2.40. The molecule has 0 aliphatic carbocycles. The molecule has 0 fully saturated rings. The molecule has 0 spiro atoms. The number of nitrogens with zero attached hydrogens (tertiary/aromatic N) is 1. The maximum Gasteiger partial charge on any atom is 0.450 e. The third-order valence-electron chi connectivity index (χ3n) is 6.22. The van der Waals surface area contributed by atoms with Crippen LogP contribution in [0.15, 0.2) is 69.9 Å². The zero-order valence-corrected chi connectivity index (χ0v) is 21.7. The Morgan fingerprint density at radius 1 is 0.950 bits per heavy atom. The Morgan fingerprint density at radius 2 is 1.62 bits per heavy atom. The SMILES string of the molecule is CC(C)CN1C(=O)c2ccc(C(=O)Oc3ccc4c(=O)c(-c5ccc(Cl)cc5)c(C(F)(F)F)oc4c3)cc2C1=O. The van der Waals surface area contributed by atoms with Gasteiger partial charge in [-0.3, -0.25) is 19.3 Å². The maximum absolute atomic E-state index is 13.9. The van der Waals surface area contributed by atoms with Gasteiger partial charge < -0.3 is 9.15 Å². The topological polar surface area (TPSA) is 93.9 Å². The summed E-state index contributed by atoms with van der Waals surface area (Å²) < 4.78 is 52.2. The van der Waals surface area contributed by atoms with Crippen molar-refractivity contribution in [2.75, 3.05) is 6.54 Å². The van der Waals surface area contributed by atoms with Crippen LogP contribution >= 0.6 is 11.6 Å². The molecule has 1 aliphatic rings. The van der Waals surface area contributed by atoms with E-state index in [9.17, 15) is 32.3 Å². The summed E-state index contributed by atoms with van der Waals surface area (Å²) in [5.41, 5.74) is -1.92. The molecule has 0 radical (unpaired) electrons. The second-order valence-corrected chi connectivity index (χ2v) is 10.00. The van der Waals surface area contributed by atoms with Gasteiger partial charge in [-0.25, -0.2) is 4.79 Å². The van der Waals surface area contributed by atoms with Gasteiger partial charge in [-0.1, -0.05) is 37.6 Å². The summed E-state index contributed by atoms with van der Waals surface area (Å²) >= 11 is 5.83. The minimum atomic E-state index is -5.01. The number of alkyl halides is 3. The molecule has 7 nitrogen and oxygen atoms in total. The second kappa shape index (κ2) is 9.95. The van der Waals surface area contributed by atoms with E-state index in [-0.39, 0.29) is 50.9 Å². The number of imide groups is 1. The van der Waals surface area contributed by atoms with E-state index >= 15 is 0 Å². The van der Waals surface area contributed by atoms with Gasteiger partial charge in [-0.2, -0.15) is 13.2 Å². The fourth-order valence-corrected chi connectivity index (χ4v) is 4.56. The van der Waals surface area contributed by atoms with Crippen LogP contribution < -0.4 is 10.2 Å². The van der Waals surface area contributed by atoms with Crippen molar-refractivity contribution in [3.63, 3.8) is 0 Å². The first kappa shape index (κ1) is 27.1. The van der Waals surface area contributed by atoms with Gasteiger partial charge in [0.05, 0.1) is 27.6 Å². The quantitative estimate of drug-likeness (QED) is 0.153. The number of ether oxygens (including phenoxy) is 1. The zero-order valence-electron chi connectivity index (χ0n) is 21.0. The lowest BCUT2D eigenvalue weighted by Crippen LogP contribution is -2.33. The molecule has 0 saturated heterocycles. The lowest BCUT2D eigenvalue weighted by molar-refractivity contribution is -0.152. The van der Waals surface area contributed by atoms with Crippen molar-refractivity contribution in [3.05, 3.63) is 98.4 Å². The van der Waals surface area contributed by atoms with Gasteiger partial charge >= 0.3 is 12.1 Å². The normalized spacial score (nSPS) is 13.3. The molecule has 2 heterocycles. The fourth-order valence-electron chi connectivity index (χ4n) is 4.43. The first-order chi connectivity index (χ1) is 18.8. The fraction of sp³-hybridized carbons (Fsp3) is 0.172. The Balaban J connectivity index is 1.49. The van der Waals surface area contributed by atoms with Crippen molar-refractivity contribution in [1.82, 2.24) is 4.90 Å². The molecular formula is C29H19ClF3NO6. The average Bonchev–Trinajstić information content (AvgIpc) is 3.12. The average molecular weight is 570 g/mol. The first-order valence-corrected chi connectivity index (χ1v) is 12.4. The summed E-state index contributed by atoms with van der Waals surface area (Å²) in [6.45, 7) is 3.93. The van der Waals surface area contributed by atoms with E-state index in [4.69, 9.17) is 20.8 Å². The van der Waals surface area contributed by atoms with E-state index in [2.05, 4.69) is 0 Å². The van der Waals surface area contributed by atoms with E-state index in [0.717, 1.165) is 11.0 Å². The summed E-state index contributed by atoms with van der Waals surface area (Å²) in [6, 6.07) is 12.6. The number of esters is 1. The summed E-state index contributed by atoms with van der Waals surface area (Å²) in [6.07, 6.45) is -5.01. The Morgan fingerprint density at radius 3 is 2.27 bits per heavy atom. The van der Waals surface area contributed by atoms with Crippen LogP contribution in [0.5, 0.6) is 5.75 Å². The van der Waals surface area contributed by atoms with E-state index in [1.54, 1.807) is 0 Å². The molecule has 0 saturated carbocycles. The largest absolute Gasteiger partial charge is 0.450 e. The molecular weight excluding hydrogens is 551 g/mol. The minimum absolute atomic E-state index is 0.0283. The highest BCUT2D eigenvalue weighted by atomic mass is 35.5. The number of fused-ring (bicyclic) bond motifs is 2. The van der Waals surface area contributed by atoms with Gasteiger partial charge in [0.2, 0.25) is 11.2 Å². The number of hydrogen-bond donors (Lipinski definition) is 0. The molecule has 0 unspecified atom stereocenters. The zero-order chi connectivity index (χ0) is 28.9. The van der Waals surface area contributed by atoms with Crippen molar-refractivity contribution in [2.45, 2.75) is 20.0 Å². The summed E-state index contributed by atoms with van der Waals surface area (Å²) in [7, 11) is 0. The third kappa shape index (κ3) is 4.86. The molecule has 0 atom stereocenters. The van der Waals surface area contributed by atoms with Crippen LogP contribution in [0.1, 0.15) is 50.7 Å². The number of carbonyl (C=O) groups is 3. The second-order valence-electron chi connectivity index (χ2n) is 9.56. The predicted molar refractivity (Wildman–Crippen MR) is 140 cm³/mol. The number of rotatable bonds is 5.